The molecule has 1 aromatic heterocycles. The number of carboxylic acids is 1. The van der Waals surface area contributed by atoms with Crippen molar-refractivity contribution in [3.63, 3.8) is 0 Å². The highest BCUT2D eigenvalue weighted by molar-refractivity contribution is 5.93. The van der Waals surface area contributed by atoms with Gasteiger partial charge in [-0.05, 0) is 24.8 Å². The van der Waals surface area contributed by atoms with Gasteiger partial charge in [0, 0.05) is 6.54 Å². The monoisotopic (exact) mass is 238 g/mol. The number of halogens is 1. The van der Waals surface area contributed by atoms with E-state index in [1.54, 1.807) is 0 Å². The van der Waals surface area contributed by atoms with Crippen molar-refractivity contribution in [2.45, 2.75) is 25.7 Å². The van der Waals surface area contributed by atoms with Gasteiger partial charge in [0.1, 0.15) is 17.2 Å². The van der Waals surface area contributed by atoms with Crippen LogP contribution in [0.4, 0.5) is 10.2 Å². The molecule has 0 atom stereocenters. The molecule has 0 aliphatic heterocycles. The van der Waals surface area contributed by atoms with Crippen molar-refractivity contribution >= 4 is 11.8 Å². The number of carbonyl (C=O) groups is 1. The van der Waals surface area contributed by atoms with Crippen molar-refractivity contribution in [3.05, 3.63) is 23.6 Å². The zero-order chi connectivity index (χ0) is 12.3. The number of aromatic carboxylic acids is 1. The van der Waals surface area contributed by atoms with Gasteiger partial charge < -0.3 is 10.4 Å². The third-order valence-electron chi connectivity index (χ3n) is 3.12. The van der Waals surface area contributed by atoms with Crippen molar-refractivity contribution in [2.24, 2.45) is 5.92 Å². The van der Waals surface area contributed by atoms with Crippen LogP contribution in [0.5, 0.6) is 0 Å². The Morgan fingerprint density at radius 1 is 1.53 bits per heavy atom. The van der Waals surface area contributed by atoms with E-state index in [2.05, 4.69) is 10.3 Å². The first-order valence-electron chi connectivity index (χ1n) is 5.79. The van der Waals surface area contributed by atoms with Gasteiger partial charge in [-0.2, -0.15) is 0 Å². The van der Waals surface area contributed by atoms with Crippen LogP contribution >= 0.6 is 0 Å². The maximum atomic E-state index is 12.9. The van der Waals surface area contributed by atoms with Crippen molar-refractivity contribution < 1.29 is 14.3 Å². The number of hydrogen-bond donors (Lipinski definition) is 2. The molecule has 0 saturated heterocycles. The number of pyridine rings is 1. The normalized spacial score (nSPS) is 16.1. The lowest BCUT2D eigenvalue weighted by Gasteiger charge is -2.12. The van der Waals surface area contributed by atoms with E-state index in [1.807, 2.05) is 0 Å². The minimum atomic E-state index is -1.16. The van der Waals surface area contributed by atoms with Gasteiger partial charge in [0.25, 0.3) is 0 Å². The van der Waals surface area contributed by atoms with Crippen LogP contribution in [-0.2, 0) is 0 Å². The lowest BCUT2D eigenvalue weighted by molar-refractivity contribution is 0.0697. The predicted molar refractivity (Wildman–Crippen MR) is 61.6 cm³/mol. The quantitative estimate of drug-likeness (QED) is 0.846. The van der Waals surface area contributed by atoms with Gasteiger partial charge in [-0.3, -0.25) is 0 Å². The van der Waals surface area contributed by atoms with E-state index in [9.17, 15) is 9.18 Å². The molecule has 1 aromatic rings. The van der Waals surface area contributed by atoms with Crippen LogP contribution < -0.4 is 5.32 Å². The molecular formula is C12H15FN2O2. The molecule has 0 unspecified atom stereocenters. The number of nitrogens with zero attached hydrogens (tertiary/aromatic N) is 1. The van der Waals surface area contributed by atoms with E-state index >= 15 is 0 Å². The molecule has 1 aliphatic carbocycles. The van der Waals surface area contributed by atoms with E-state index in [4.69, 9.17) is 5.11 Å². The molecule has 0 spiro atoms. The third kappa shape index (κ3) is 2.93. The number of nitrogens with one attached hydrogen (secondary N) is 1. The van der Waals surface area contributed by atoms with Crippen LogP contribution in [0.2, 0.25) is 0 Å². The summed E-state index contributed by atoms with van der Waals surface area (Å²) in [6.07, 6.45) is 5.82. The summed E-state index contributed by atoms with van der Waals surface area (Å²) < 4.78 is 12.9. The Kier molecular flexibility index (Phi) is 3.56. The van der Waals surface area contributed by atoms with E-state index in [0.29, 0.717) is 12.5 Å². The summed E-state index contributed by atoms with van der Waals surface area (Å²) in [6.45, 7) is 0.707. The minimum Gasteiger partial charge on any atom is -0.478 e. The second-order valence-corrected chi connectivity index (χ2v) is 4.39. The molecule has 0 aromatic carbocycles. The maximum absolute atomic E-state index is 12.9. The Hall–Kier alpha value is -1.65. The Morgan fingerprint density at radius 2 is 2.24 bits per heavy atom. The fraction of sp³-hybridized carbons (Fsp3) is 0.500. The minimum absolute atomic E-state index is 0.108. The zero-order valence-electron chi connectivity index (χ0n) is 9.45. The van der Waals surface area contributed by atoms with Crippen LogP contribution in [0.25, 0.3) is 0 Å². The Bertz CT molecular complexity index is 417. The lowest BCUT2D eigenvalue weighted by atomic mass is 10.1. The smallest absolute Gasteiger partial charge is 0.339 e. The van der Waals surface area contributed by atoms with Crippen LogP contribution in [-0.4, -0.2) is 22.6 Å². The molecule has 4 nitrogen and oxygen atoms in total. The highest BCUT2D eigenvalue weighted by Gasteiger charge is 2.17. The molecule has 17 heavy (non-hydrogen) atoms. The molecule has 0 radical (unpaired) electrons. The molecule has 2 N–H and O–H groups in total. The van der Waals surface area contributed by atoms with E-state index in [1.165, 1.54) is 12.8 Å². The predicted octanol–water partition coefficient (Wildman–Crippen LogP) is 2.52. The molecule has 0 amide bonds. The first kappa shape index (κ1) is 11.8. The first-order chi connectivity index (χ1) is 8.16. The van der Waals surface area contributed by atoms with Crippen molar-refractivity contribution in [1.29, 1.82) is 0 Å². The van der Waals surface area contributed by atoms with E-state index in [-0.39, 0.29) is 11.4 Å². The van der Waals surface area contributed by atoms with Crippen LogP contribution in [0.3, 0.4) is 0 Å². The highest BCUT2D eigenvalue weighted by Crippen LogP contribution is 2.25. The molecule has 5 heteroatoms. The summed E-state index contributed by atoms with van der Waals surface area (Å²) in [5.74, 6) is -0.964. The summed E-state index contributed by atoms with van der Waals surface area (Å²) in [5, 5.41) is 11.9. The van der Waals surface area contributed by atoms with E-state index in [0.717, 1.165) is 25.1 Å². The third-order valence-corrected chi connectivity index (χ3v) is 3.12. The lowest BCUT2D eigenvalue weighted by Crippen LogP contribution is -2.15. The number of rotatable bonds is 4. The average Bonchev–Trinajstić information content (AvgIpc) is 2.80. The number of hydrogen-bond acceptors (Lipinski definition) is 3. The number of aromatic nitrogens is 1. The van der Waals surface area contributed by atoms with Gasteiger partial charge in [-0.1, -0.05) is 12.8 Å². The summed E-state index contributed by atoms with van der Waals surface area (Å²) in [5.41, 5.74) is -0.108. The summed E-state index contributed by atoms with van der Waals surface area (Å²) in [4.78, 5) is 14.7. The largest absolute Gasteiger partial charge is 0.478 e. The fourth-order valence-corrected chi connectivity index (χ4v) is 2.20. The maximum Gasteiger partial charge on any atom is 0.339 e. The molecule has 0 bridgehead atoms. The SMILES string of the molecule is O=C(O)c1cc(F)cnc1NCC1CCCC1. The number of anilines is 1. The molecule has 92 valence electrons. The Balaban J connectivity index is 2.06. The second-order valence-electron chi connectivity index (χ2n) is 4.39. The first-order valence-corrected chi connectivity index (χ1v) is 5.79. The average molecular weight is 238 g/mol. The summed E-state index contributed by atoms with van der Waals surface area (Å²) in [6, 6.07) is 0.992. The van der Waals surface area contributed by atoms with E-state index < -0.39 is 11.8 Å². The van der Waals surface area contributed by atoms with Crippen molar-refractivity contribution in [1.82, 2.24) is 4.98 Å². The molecule has 2 rings (SSSR count). The molecular weight excluding hydrogens is 223 g/mol. The molecule has 1 fully saturated rings. The summed E-state index contributed by atoms with van der Waals surface area (Å²) >= 11 is 0. The molecule has 1 saturated carbocycles. The van der Waals surface area contributed by atoms with Crippen LogP contribution in [0.15, 0.2) is 12.3 Å². The number of carboxylic acid groups (broad SMARTS) is 1. The van der Waals surface area contributed by atoms with Crippen LogP contribution in [0.1, 0.15) is 36.0 Å². The van der Waals surface area contributed by atoms with Gasteiger partial charge in [-0.25, -0.2) is 14.2 Å². The highest BCUT2D eigenvalue weighted by atomic mass is 19.1. The standard InChI is InChI=1S/C12H15FN2O2/c13-9-5-10(12(16)17)11(15-7-9)14-6-8-3-1-2-4-8/h5,7-8H,1-4,6H2,(H,14,15)(H,16,17). The van der Waals surface area contributed by atoms with Gasteiger partial charge >= 0.3 is 5.97 Å². The second kappa shape index (κ2) is 5.12. The van der Waals surface area contributed by atoms with Gasteiger partial charge in [0.2, 0.25) is 0 Å². The Morgan fingerprint density at radius 3 is 2.88 bits per heavy atom. The molecule has 1 aliphatic rings. The Labute approximate surface area is 98.9 Å². The molecule has 1 heterocycles. The van der Waals surface area contributed by atoms with Gasteiger partial charge in [-0.15, -0.1) is 0 Å². The zero-order valence-corrected chi connectivity index (χ0v) is 9.45. The van der Waals surface area contributed by atoms with Crippen LogP contribution in [0, 0.1) is 11.7 Å². The fourth-order valence-electron chi connectivity index (χ4n) is 2.20. The van der Waals surface area contributed by atoms with Crippen molar-refractivity contribution in [3.8, 4) is 0 Å². The van der Waals surface area contributed by atoms with Gasteiger partial charge in [0.05, 0.1) is 6.20 Å². The summed E-state index contributed by atoms with van der Waals surface area (Å²) in [7, 11) is 0. The van der Waals surface area contributed by atoms with Gasteiger partial charge in [0.15, 0.2) is 0 Å². The van der Waals surface area contributed by atoms with Crippen molar-refractivity contribution in [2.75, 3.05) is 11.9 Å². The topological polar surface area (TPSA) is 62.2 Å².